The summed E-state index contributed by atoms with van der Waals surface area (Å²) in [7, 11) is 0. The van der Waals surface area contributed by atoms with Crippen LogP contribution in [0, 0.1) is 17.8 Å². The summed E-state index contributed by atoms with van der Waals surface area (Å²) in [6.45, 7) is 8.57. The molecule has 174 valence electrons. The Kier molecular flexibility index (Phi) is 20.4. The van der Waals surface area contributed by atoms with E-state index in [4.69, 9.17) is 0 Å². The van der Waals surface area contributed by atoms with Gasteiger partial charge in [-0.2, -0.15) is 0 Å². The van der Waals surface area contributed by atoms with E-state index in [9.17, 15) is 9.90 Å². The van der Waals surface area contributed by atoms with Crippen molar-refractivity contribution in [2.45, 2.75) is 150 Å². The van der Waals surface area contributed by atoms with Gasteiger partial charge in [-0.1, -0.05) is 137 Å². The summed E-state index contributed by atoms with van der Waals surface area (Å²) in [5.74, 6) is -0.0142. The van der Waals surface area contributed by atoms with E-state index >= 15 is 0 Å². The van der Waals surface area contributed by atoms with Crippen LogP contribution in [0.15, 0.2) is 0 Å². The Morgan fingerprint density at radius 3 is 1.34 bits per heavy atom. The van der Waals surface area contributed by atoms with Crippen LogP contribution in [0.2, 0.25) is 0 Å². The Labute approximate surface area is 183 Å². The maximum atomic E-state index is 10.8. The molecule has 3 atom stereocenters. The molecule has 0 saturated carbocycles. The molecule has 0 aromatic heterocycles. The van der Waals surface area contributed by atoms with Crippen LogP contribution in [0.25, 0.3) is 0 Å². The highest BCUT2D eigenvalue weighted by Gasteiger charge is 2.13. The molecule has 0 rings (SSSR count). The van der Waals surface area contributed by atoms with E-state index in [-0.39, 0.29) is 5.92 Å². The molecule has 0 spiro atoms. The summed E-state index contributed by atoms with van der Waals surface area (Å²) in [4.78, 5) is 10.8. The highest BCUT2D eigenvalue weighted by molar-refractivity contribution is 5.66. The van der Waals surface area contributed by atoms with E-state index in [1.165, 1.54) is 109 Å². The number of carbonyl (C=O) groups excluding carboxylic acids is 1. The summed E-state index contributed by atoms with van der Waals surface area (Å²) in [6.07, 6.45) is 25.9. The van der Waals surface area contributed by atoms with Crippen molar-refractivity contribution in [3.05, 3.63) is 0 Å². The first kappa shape index (κ1) is 28.5. The molecular weight excluding hydrogens is 356 g/mol. The van der Waals surface area contributed by atoms with Gasteiger partial charge < -0.3 is 9.90 Å². The van der Waals surface area contributed by atoms with Crippen molar-refractivity contribution in [2.24, 2.45) is 17.8 Å². The fourth-order valence-electron chi connectivity index (χ4n) is 4.64. The third-order valence-electron chi connectivity index (χ3n) is 6.51. The van der Waals surface area contributed by atoms with Crippen molar-refractivity contribution in [3.63, 3.8) is 0 Å². The number of hydrogen-bond donors (Lipinski definition) is 0. The average Bonchev–Trinajstić information content (AvgIpc) is 2.67. The quantitative estimate of drug-likeness (QED) is 0.170. The van der Waals surface area contributed by atoms with Crippen molar-refractivity contribution in [3.8, 4) is 0 Å². The Morgan fingerprint density at radius 2 is 0.966 bits per heavy atom. The van der Waals surface area contributed by atoms with Crippen LogP contribution in [0.5, 0.6) is 0 Å². The maximum Gasteiger partial charge on any atom is 0.0442 e. The van der Waals surface area contributed by atoms with Crippen LogP contribution in [-0.4, -0.2) is 5.97 Å². The fourth-order valence-corrected chi connectivity index (χ4v) is 4.64. The van der Waals surface area contributed by atoms with E-state index in [1.54, 1.807) is 6.92 Å². The lowest BCUT2D eigenvalue weighted by molar-refractivity contribution is -0.311. The molecule has 0 aromatic carbocycles. The molecule has 0 aliphatic carbocycles. The molecule has 0 aliphatic rings. The molecule has 0 unspecified atom stereocenters. The van der Waals surface area contributed by atoms with Gasteiger partial charge in [0.2, 0.25) is 0 Å². The van der Waals surface area contributed by atoms with E-state index in [0.717, 1.165) is 12.8 Å². The van der Waals surface area contributed by atoms with Gasteiger partial charge in [-0.05, 0) is 30.6 Å². The van der Waals surface area contributed by atoms with E-state index in [1.807, 2.05) is 0 Å². The summed E-state index contributed by atoms with van der Waals surface area (Å²) in [5.41, 5.74) is 0. The van der Waals surface area contributed by atoms with Gasteiger partial charge in [-0.3, -0.25) is 0 Å². The second-order valence-corrected chi connectivity index (χ2v) is 9.99. The number of carboxylic acid groups (broad SMARTS) is 1. The second-order valence-electron chi connectivity index (χ2n) is 9.99. The van der Waals surface area contributed by atoms with Crippen molar-refractivity contribution < 1.29 is 9.90 Å². The number of aliphatic carboxylic acids is 1. The van der Waals surface area contributed by atoms with Crippen molar-refractivity contribution in [2.75, 3.05) is 0 Å². The number of unbranched alkanes of at least 4 members (excludes halogenated alkanes) is 15. The normalized spacial score (nSPS) is 14.6. The molecule has 0 heterocycles. The van der Waals surface area contributed by atoms with E-state index in [0.29, 0.717) is 11.8 Å². The molecule has 0 radical (unpaired) electrons. The molecule has 0 amide bonds. The van der Waals surface area contributed by atoms with Crippen LogP contribution < -0.4 is 5.11 Å². The van der Waals surface area contributed by atoms with Gasteiger partial charge in [0.15, 0.2) is 0 Å². The van der Waals surface area contributed by atoms with Crippen molar-refractivity contribution in [1.29, 1.82) is 0 Å². The molecule has 0 N–H and O–H groups in total. The first-order chi connectivity index (χ1) is 14.0. The minimum absolute atomic E-state index is 0.312. The number of hydrogen-bond acceptors (Lipinski definition) is 2. The fraction of sp³-hybridized carbons (Fsp3) is 0.963. The van der Waals surface area contributed by atoms with Gasteiger partial charge >= 0.3 is 0 Å². The third kappa shape index (κ3) is 20.5. The molecule has 2 nitrogen and oxygen atoms in total. The predicted octanol–water partition coefficient (Wildman–Crippen LogP) is 8.08. The van der Waals surface area contributed by atoms with Gasteiger partial charge in [-0.25, -0.2) is 0 Å². The van der Waals surface area contributed by atoms with Gasteiger partial charge in [0.25, 0.3) is 0 Å². The van der Waals surface area contributed by atoms with Crippen molar-refractivity contribution >= 4 is 5.97 Å². The summed E-state index contributed by atoms with van der Waals surface area (Å²) in [5, 5.41) is 10.8. The van der Waals surface area contributed by atoms with E-state index < -0.39 is 5.97 Å². The Bertz CT molecular complexity index is 352. The van der Waals surface area contributed by atoms with Crippen LogP contribution >= 0.6 is 0 Å². The molecule has 0 aromatic rings. The third-order valence-corrected chi connectivity index (χ3v) is 6.51. The Balaban J connectivity index is 3.29. The molecular formula is C27H53O2-. The van der Waals surface area contributed by atoms with Gasteiger partial charge in [0, 0.05) is 5.97 Å². The van der Waals surface area contributed by atoms with Crippen LogP contribution in [0.4, 0.5) is 0 Å². The highest BCUT2D eigenvalue weighted by Crippen LogP contribution is 2.23. The minimum atomic E-state index is -0.901. The maximum absolute atomic E-state index is 10.8. The van der Waals surface area contributed by atoms with Crippen LogP contribution in [-0.2, 0) is 4.79 Å². The lowest BCUT2D eigenvalue weighted by Gasteiger charge is -2.21. The first-order valence-corrected chi connectivity index (χ1v) is 13.2. The number of carboxylic acids is 1. The lowest BCUT2D eigenvalue weighted by Crippen LogP contribution is -2.30. The second kappa shape index (κ2) is 20.7. The highest BCUT2D eigenvalue weighted by atomic mass is 16.4. The van der Waals surface area contributed by atoms with E-state index in [2.05, 4.69) is 20.8 Å². The monoisotopic (exact) mass is 409 g/mol. The smallest absolute Gasteiger partial charge is 0.0442 e. The van der Waals surface area contributed by atoms with Gasteiger partial charge in [-0.15, -0.1) is 0 Å². The van der Waals surface area contributed by atoms with Crippen LogP contribution in [0.3, 0.4) is 0 Å². The van der Waals surface area contributed by atoms with Gasteiger partial charge in [0.05, 0.1) is 0 Å². The molecule has 2 heteroatoms. The molecule has 0 bridgehead atoms. The first-order valence-electron chi connectivity index (χ1n) is 13.2. The van der Waals surface area contributed by atoms with Gasteiger partial charge in [0.1, 0.15) is 0 Å². The standard InChI is InChI=1S/C27H54O2/c1-5-6-7-8-9-10-11-12-13-14-15-16-17-18-19-20-21-24(2)22-25(3)23-26(4)27(28)29/h24-26H,5-23H2,1-4H3,(H,28,29)/p-1/t24-,25-,26-/m1/s1. The lowest BCUT2D eigenvalue weighted by atomic mass is 9.87. The zero-order valence-electron chi connectivity index (χ0n) is 20.5. The summed E-state index contributed by atoms with van der Waals surface area (Å²) in [6, 6.07) is 0. The number of carbonyl (C=O) groups is 1. The summed E-state index contributed by atoms with van der Waals surface area (Å²) >= 11 is 0. The topological polar surface area (TPSA) is 40.1 Å². The molecule has 0 fully saturated rings. The number of rotatable bonds is 22. The zero-order chi connectivity index (χ0) is 21.7. The van der Waals surface area contributed by atoms with Crippen molar-refractivity contribution in [1.82, 2.24) is 0 Å². The Morgan fingerprint density at radius 1 is 0.586 bits per heavy atom. The minimum Gasteiger partial charge on any atom is -0.550 e. The SMILES string of the molecule is CCCCCCCCCCCCCCCCCC[C@@H](C)C[C@@H](C)C[C@@H](C)C(=O)[O-]. The molecule has 29 heavy (non-hydrogen) atoms. The summed E-state index contributed by atoms with van der Waals surface area (Å²) < 4.78 is 0. The molecule has 0 saturated heterocycles. The Hall–Kier alpha value is -0.530. The average molecular weight is 410 g/mol. The zero-order valence-corrected chi connectivity index (χ0v) is 20.5. The predicted molar refractivity (Wildman–Crippen MR) is 126 cm³/mol. The van der Waals surface area contributed by atoms with Crippen LogP contribution in [0.1, 0.15) is 150 Å². The molecule has 0 aliphatic heterocycles. The largest absolute Gasteiger partial charge is 0.550 e.